The number of nitrogens with one attached hydrogen (secondary N) is 1. The van der Waals surface area contributed by atoms with Crippen LogP contribution in [0.25, 0.3) is 0 Å². The van der Waals surface area contributed by atoms with E-state index in [-0.39, 0.29) is 4.90 Å². The van der Waals surface area contributed by atoms with E-state index in [4.69, 9.17) is 5.73 Å². The number of rotatable bonds is 3. The Morgan fingerprint density at radius 2 is 2.00 bits per heavy atom. The number of benzene rings is 1. The monoisotopic (exact) mass is 256 g/mol. The van der Waals surface area contributed by atoms with Crippen molar-refractivity contribution in [3.8, 4) is 0 Å². The largest absolute Gasteiger partial charge is 0.399 e. The Morgan fingerprint density at radius 1 is 1.41 bits per heavy atom. The van der Waals surface area contributed by atoms with Crippen molar-refractivity contribution in [1.82, 2.24) is 5.32 Å². The lowest BCUT2D eigenvalue weighted by molar-refractivity contribution is -0.119. The highest BCUT2D eigenvalue weighted by Gasteiger charge is 2.29. The first-order valence-electron chi connectivity index (χ1n) is 5.12. The Hall–Kier alpha value is -1.56. The molecule has 94 valence electrons. The van der Waals surface area contributed by atoms with E-state index < -0.39 is 21.0 Å². The first-order valence-corrected chi connectivity index (χ1v) is 6.67. The second kappa shape index (κ2) is 4.75. The predicted octanol–water partition coefficient (Wildman–Crippen LogP) is 0.485. The number of hydrogen-bond donors (Lipinski definition) is 2. The highest BCUT2D eigenvalue weighted by atomic mass is 32.2. The van der Waals surface area contributed by atoms with Crippen molar-refractivity contribution in [1.29, 1.82) is 0 Å². The van der Waals surface area contributed by atoms with Crippen molar-refractivity contribution in [2.75, 3.05) is 12.8 Å². The van der Waals surface area contributed by atoms with E-state index >= 15 is 0 Å². The van der Waals surface area contributed by atoms with Crippen molar-refractivity contribution in [3.05, 3.63) is 23.8 Å². The molecule has 1 aromatic rings. The van der Waals surface area contributed by atoms with E-state index in [1.165, 1.54) is 32.2 Å². The fourth-order valence-corrected chi connectivity index (χ4v) is 2.78. The molecule has 0 heterocycles. The van der Waals surface area contributed by atoms with Crippen molar-refractivity contribution in [2.45, 2.75) is 24.0 Å². The van der Waals surface area contributed by atoms with Crippen LogP contribution in [0.4, 0.5) is 5.69 Å². The van der Waals surface area contributed by atoms with Crippen molar-refractivity contribution in [3.63, 3.8) is 0 Å². The summed E-state index contributed by atoms with van der Waals surface area (Å²) in [4.78, 5) is 11.5. The van der Waals surface area contributed by atoms with Gasteiger partial charge in [0.1, 0.15) is 5.25 Å². The quantitative estimate of drug-likeness (QED) is 0.770. The molecular weight excluding hydrogens is 240 g/mol. The molecule has 0 aliphatic heterocycles. The highest BCUT2D eigenvalue weighted by molar-refractivity contribution is 7.92. The molecule has 0 saturated carbocycles. The Kier molecular flexibility index (Phi) is 3.77. The molecule has 6 heteroatoms. The minimum Gasteiger partial charge on any atom is -0.399 e. The summed E-state index contributed by atoms with van der Waals surface area (Å²) < 4.78 is 24.2. The number of carbonyl (C=O) groups excluding carboxylic acids is 1. The summed E-state index contributed by atoms with van der Waals surface area (Å²) in [6.45, 7) is 3.08. The second-order valence-corrected chi connectivity index (χ2v) is 6.09. The molecule has 0 radical (unpaired) electrons. The van der Waals surface area contributed by atoms with Crippen molar-refractivity contribution in [2.24, 2.45) is 0 Å². The lowest BCUT2D eigenvalue weighted by Gasteiger charge is -2.12. The molecule has 1 rings (SSSR count). The van der Waals surface area contributed by atoms with Gasteiger partial charge in [-0.05, 0) is 37.6 Å². The summed E-state index contributed by atoms with van der Waals surface area (Å²) in [5, 5.41) is 1.21. The molecule has 1 amide bonds. The Balaban J connectivity index is 3.22. The molecule has 17 heavy (non-hydrogen) atoms. The van der Waals surface area contributed by atoms with Gasteiger partial charge in [-0.1, -0.05) is 0 Å². The van der Waals surface area contributed by atoms with Gasteiger partial charge in [0, 0.05) is 12.7 Å². The van der Waals surface area contributed by atoms with Gasteiger partial charge in [0.15, 0.2) is 9.84 Å². The maximum absolute atomic E-state index is 12.1. The van der Waals surface area contributed by atoms with Gasteiger partial charge in [-0.15, -0.1) is 0 Å². The zero-order valence-corrected chi connectivity index (χ0v) is 10.8. The average Bonchev–Trinajstić information content (AvgIpc) is 2.30. The summed E-state index contributed by atoms with van der Waals surface area (Å²) >= 11 is 0. The Bertz CT molecular complexity index is 538. The summed E-state index contributed by atoms with van der Waals surface area (Å²) in [6.07, 6.45) is 0. The summed E-state index contributed by atoms with van der Waals surface area (Å²) in [7, 11) is -2.25. The standard InChI is InChI=1S/C11H16N2O3S/c1-7-6-9(4-5-10(7)12)17(15,16)8(2)11(14)13-3/h4-6,8H,12H2,1-3H3,(H,13,14). The van der Waals surface area contributed by atoms with Crippen LogP contribution in [0.1, 0.15) is 12.5 Å². The van der Waals surface area contributed by atoms with Crippen LogP contribution in [-0.2, 0) is 14.6 Å². The molecule has 0 aromatic heterocycles. The van der Waals surface area contributed by atoms with Gasteiger partial charge in [-0.2, -0.15) is 0 Å². The normalized spacial score (nSPS) is 13.1. The van der Waals surface area contributed by atoms with Crippen LogP contribution in [-0.4, -0.2) is 26.6 Å². The number of hydrogen-bond acceptors (Lipinski definition) is 4. The van der Waals surface area contributed by atoms with Crippen molar-refractivity contribution >= 4 is 21.4 Å². The van der Waals surface area contributed by atoms with E-state index in [2.05, 4.69) is 5.32 Å². The van der Waals surface area contributed by atoms with Crippen LogP contribution >= 0.6 is 0 Å². The van der Waals surface area contributed by atoms with E-state index in [9.17, 15) is 13.2 Å². The summed E-state index contributed by atoms with van der Waals surface area (Å²) in [5.41, 5.74) is 6.82. The Morgan fingerprint density at radius 3 is 2.47 bits per heavy atom. The molecule has 1 unspecified atom stereocenters. The number of amides is 1. The van der Waals surface area contributed by atoms with Gasteiger partial charge in [0.25, 0.3) is 0 Å². The van der Waals surface area contributed by atoms with Gasteiger partial charge in [-0.25, -0.2) is 8.42 Å². The number of aryl methyl sites for hydroxylation is 1. The molecule has 0 fully saturated rings. The summed E-state index contributed by atoms with van der Waals surface area (Å²) in [5.74, 6) is -0.528. The predicted molar refractivity (Wildman–Crippen MR) is 66.3 cm³/mol. The molecule has 0 spiro atoms. The van der Waals surface area contributed by atoms with Crippen LogP contribution in [0.3, 0.4) is 0 Å². The van der Waals surface area contributed by atoms with Gasteiger partial charge in [-0.3, -0.25) is 4.79 Å². The van der Waals surface area contributed by atoms with Crippen LogP contribution in [0, 0.1) is 6.92 Å². The summed E-state index contributed by atoms with van der Waals surface area (Å²) in [6, 6.07) is 4.42. The number of nitrogen functional groups attached to an aromatic ring is 1. The van der Waals surface area contributed by atoms with Gasteiger partial charge in [0.2, 0.25) is 5.91 Å². The van der Waals surface area contributed by atoms with Crippen molar-refractivity contribution < 1.29 is 13.2 Å². The molecule has 0 bridgehead atoms. The second-order valence-electron chi connectivity index (χ2n) is 3.82. The van der Waals surface area contributed by atoms with Crippen LogP contribution < -0.4 is 11.1 Å². The number of carbonyl (C=O) groups is 1. The number of nitrogens with two attached hydrogens (primary N) is 1. The van der Waals surface area contributed by atoms with Gasteiger partial charge >= 0.3 is 0 Å². The van der Waals surface area contributed by atoms with Crippen LogP contribution in [0.2, 0.25) is 0 Å². The number of sulfone groups is 1. The number of anilines is 1. The fourth-order valence-electron chi connectivity index (χ4n) is 1.37. The zero-order chi connectivity index (χ0) is 13.2. The van der Waals surface area contributed by atoms with E-state index in [0.717, 1.165) is 0 Å². The van der Waals surface area contributed by atoms with Crippen LogP contribution in [0.5, 0.6) is 0 Å². The average molecular weight is 256 g/mol. The van der Waals surface area contributed by atoms with Gasteiger partial charge in [0.05, 0.1) is 4.90 Å². The lowest BCUT2D eigenvalue weighted by atomic mass is 10.2. The minimum absolute atomic E-state index is 0.111. The molecule has 0 aliphatic rings. The molecule has 5 nitrogen and oxygen atoms in total. The first-order chi connectivity index (χ1) is 7.80. The Labute approximate surface area is 101 Å². The smallest absolute Gasteiger partial charge is 0.238 e. The van der Waals surface area contributed by atoms with E-state index in [0.29, 0.717) is 11.3 Å². The zero-order valence-electron chi connectivity index (χ0n) is 10.0. The SMILES string of the molecule is CNC(=O)C(C)S(=O)(=O)c1ccc(N)c(C)c1. The fraction of sp³-hybridized carbons (Fsp3) is 0.364. The third-order valence-electron chi connectivity index (χ3n) is 2.65. The topological polar surface area (TPSA) is 89.3 Å². The molecule has 1 aromatic carbocycles. The van der Waals surface area contributed by atoms with E-state index in [1.54, 1.807) is 6.92 Å². The molecule has 3 N–H and O–H groups in total. The first kappa shape index (κ1) is 13.5. The highest BCUT2D eigenvalue weighted by Crippen LogP contribution is 2.20. The molecule has 0 aliphatic carbocycles. The third-order valence-corrected chi connectivity index (χ3v) is 4.71. The van der Waals surface area contributed by atoms with Crippen LogP contribution in [0.15, 0.2) is 23.1 Å². The van der Waals surface area contributed by atoms with Gasteiger partial charge < -0.3 is 11.1 Å². The molecule has 1 atom stereocenters. The minimum atomic E-state index is -3.66. The maximum atomic E-state index is 12.1. The lowest BCUT2D eigenvalue weighted by Crippen LogP contribution is -2.35. The molecule has 0 saturated heterocycles. The molecular formula is C11H16N2O3S. The maximum Gasteiger partial charge on any atom is 0.238 e. The third kappa shape index (κ3) is 2.58. The van der Waals surface area contributed by atoms with E-state index in [1.807, 2.05) is 0 Å².